The molecule has 6 heteroatoms. The Hall–Kier alpha value is -3.15. The normalized spacial score (nSPS) is 19.4. The predicted octanol–water partition coefficient (Wildman–Crippen LogP) is 2.68. The van der Waals surface area contributed by atoms with Crippen LogP contribution in [0.1, 0.15) is 23.6 Å². The highest BCUT2D eigenvalue weighted by Gasteiger charge is 2.49. The van der Waals surface area contributed by atoms with Crippen molar-refractivity contribution >= 4 is 17.9 Å². The highest BCUT2D eigenvalue weighted by Crippen LogP contribution is 2.28. The van der Waals surface area contributed by atoms with E-state index in [1.807, 2.05) is 26.0 Å². The van der Waals surface area contributed by atoms with Crippen molar-refractivity contribution in [3.63, 3.8) is 0 Å². The average Bonchev–Trinajstić information content (AvgIpc) is 2.83. The minimum absolute atomic E-state index is 0.385. The van der Waals surface area contributed by atoms with Crippen LogP contribution in [0.25, 0.3) is 0 Å². The van der Waals surface area contributed by atoms with E-state index in [1.54, 1.807) is 43.3 Å². The summed E-state index contributed by atoms with van der Waals surface area (Å²) in [7, 11) is 0. The minimum Gasteiger partial charge on any atom is -0.425 e. The molecular formula is C20H20N2O4. The van der Waals surface area contributed by atoms with Gasteiger partial charge in [0.2, 0.25) is 0 Å². The first-order valence-electron chi connectivity index (χ1n) is 8.29. The molecule has 1 N–H and O–H groups in total. The Bertz CT molecular complexity index is 879. The lowest BCUT2D eigenvalue weighted by Crippen LogP contribution is -2.41. The van der Waals surface area contributed by atoms with Crippen molar-refractivity contribution in [3.8, 4) is 5.75 Å². The number of urea groups is 1. The topological polar surface area (TPSA) is 75.7 Å². The van der Waals surface area contributed by atoms with Crippen molar-refractivity contribution in [2.45, 2.75) is 26.3 Å². The zero-order valence-electron chi connectivity index (χ0n) is 14.9. The van der Waals surface area contributed by atoms with Gasteiger partial charge in [0.1, 0.15) is 17.8 Å². The van der Waals surface area contributed by atoms with E-state index in [-0.39, 0.29) is 0 Å². The third-order valence-electron chi connectivity index (χ3n) is 4.62. The molecule has 2 aromatic carbocycles. The van der Waals surface area contributed by atoms with Gasteiger partial charge in [-0.2, -0.15) is 0 Å². The van der Waals surface area contributed by atoms with Gasteiger partial charge in [0.15, 0.2) is 0 Å². The van der Waals surface area contributed by atoms with Crippen LogP contribution in [0.3, 0.4) is 0 Å². The average molecular weight is 352 g/mol. The zero-order valence-corrected chi connectivity index (χ0v) is 14.9. The van der Waals surface area contributed by atoms with Gasteiger partial charge in [0.05, 0.1) is 0 Å². The summed E-state index contributed by atoms with van der Waals surface area (Å²) in [6, 6.07) is 13.6. The second-order valence-corrected chi connectivity index (χ2v) is 6.53. The molecule has 3 amide bonds. The van der Waals surface area contributed by atoms with Gasteiger partial charge in [-0.25, -0.2) is 9.59 Å². The van der Waals surface area contributed by atoms with Crippen LogP contribution in [-0.2, 0) is 15.1 Å². The van der Waals surface area contributed by atoms with Crippen LogP contribution in [-0.4, -0.2) is 29.4 Å². The highest BCUT2D eigenvalue weighted by atomic mass is 16.5. The molecule has 0 spiro atoms. The van der Waals surface area contributed by atoms with Gasteiger partial charge in [0.25, 0.3) is 5.91 Å². The molecule has 0 saturated carbocycles. The third-order valence-corrected chi connectivity index (χ3v) is 4.62. The molecule has 1 aliphatic rings. The maximum atomic E-state index is 12.8. The molecule has 3 rings (SSSR count). The van der Waals surface area contributed by atoms with Crippen molar-refractivity contribution in [2.24, 2.45) is 0 Å². The fourth-order valence-electron chi connectivity index (χ4n) is 2.88. The lowest BCUT2D eigenvalue weighted by Gasteiger charge is -2.21. The lowest BCUT2D eigenvalue weighted by atomic mass is 9.92. The van der Waals surface area contributed by atoms with Crippen LogP contribution >= 0.6 is 0 Å². The number of nitrogens with one attached hydrogen (secondary N) is 1. The Balaban J connectivity index is 1.73. The number of hydrogen-bond acceptors (Lipinski definition) is 4. The van der Waals surface area contributed by atoms with Crippen LogP contribution < -0.4 is 10.1 Å². The maximum Gasteiger partial charge on any atom is 0.331 e. The standard InChI is InChI=1S/C20H20N2O4/c1-13-9-10-16(11-14(13)2)26-17(23)12-22-18(24)20(3,21-19(22)25)15-7-5-4-6-8-15/h4-11H,12H2,1-3H3,(H,21,25)/t20-/m1/s1. The number of esters is 1. The van der Waals surface area contributed by atoms with E-state index >= 15 is 0 Å². The smallest absolute Gasteiger partial charge is 0.331 e. The van der Waals surface area contributed by atoms with E-state index in [1.165, 1.54) is 0 Å². The van der Waals surface area contributed by atoms with Crippen LogP contribution in [0.15, 0.2) is 48.5 Å². The summed E-state index contributed by atoms with van der Waals surface area (Å²) in [4.78, 5) is 38.1. The van der Waals surface area contributed by atoms with Crippen LogP contribution in [0.5, 0.6) is 5.75 Å². The van der Waals surface area contributed by atoms with Gasteiger partial charge in [-0.05, 0) is 49.6 Å². The first kappa shape index (κ1) is 17.7. The summed E-state index contributed by atoms with van der Waals surface area (Å²) in [5.74, 6) is -0.768. The molecule has 134 valence electrons. The number of hydrogen-bond donors (Lipinski definition) is 1. The van der Waals surface area contributed by atoms with Gasteiger partial charge in [-0.15, -0.1) is 0 Å². The van der Waals surface area contributed by atoms with Crippen LogP contribution in [0.2, 0.25) is 0 Å². The number of nitrogens with zero attached hydrogens (tertiary/aromatic N) is 1. The summed E-state index contributed by atoms with van der Waals surface area (Å²) < 4.78 is 5.27. The fourth-order valence-corrected chi connectivity index (χ4v) is 2.88. The predicted molar refractivity (Wildman–Crippen MR) is 95.6 cm³/mol. The highest BCUT2D eigenvalue weighted by molar-refractivity contribution is 6.08. The number of rotatable bonds is 4. The van der Waals surface area contributed by atoms with E-state index < -0.39 is 30.0 Å². The Morgan fingerprint density at radius 2 is 1.77 bits per heavy atom. The van der Waals surface area contributed by atoms with Crippen molar-refractivity contribution in [2.75, 3.05) is 6.54 Å². The summed E-state index contributed by atoms with van der Waals surface area (Å²) >= 11 is 0. The van der Waals surface area contributed by atoms with Gasteiger partial charge in [-0.3, -0.25) is 9.69 Å². The first-order chi connectivity index (χ1) is 12.3. The molecule has 1 fully saturated rings. The number of imide groups is 1. The van der Waals surface area contributed by atoms with Crippen molar-refractivity contribution in [1.82, 2.24) is 10.2 Å². The Morgan fingerprint density at radius 1 is 1.08 bits per heavy atom. The molecule has 6 nitrogen and oxygen atoms in total. The summed E-state index contributed by atoms with van der Waals surface area (Å²) in [5.41, 5.74) is 1.53. The van der Waals surface area contributed by atoms with Gasteiger partial charge in [-0.1, -0.05) is 36.4 Å². The molecule has 0 radical (unpaired) electrons. The van der Waals surface area contributed by atoms with E-state index in [2.05, 4.69) is 5.32 Å². The monoisotopic (exact) mass is 352 g/mol. The SMILES string of the molecule is Cc1ccc(OC(=O)CN2C(=O)N[C@](C)(c3ccccc3)C2=O)cc1C. The fraction of sp³-hybridized carbons (Fsp3) is 0.250. The first-order valence-corrected chi connectivity index (χ1v) is 8.29. The Kier molecular flexibility index (Phi) is 4.50. The maximum absolute atomic E-state index is 12.8. The molecular weight excluding hydrogens is 332 g/mol. The van der Waals surface area contributed by atoms with Gasteiger partial charge < -0.3 is 10.1 Å². The molecule has 2 aromatic rings. The van der Waals surface area contributed by atoms with E-state index in [0.717, 1.165) is 16.0 Å². The minimum atomic E-state index is -1.20. The van der Waals surface area contributed by atoms with Gasteiger partial charge >= 0.3 is 12.0 Å². The molecule has 0 aliphatic carbocycles. The molecule has 1 aliphatic heterocycles. The second-order valence-electron chi connectivity index (χ2n) is 6.53. The van der Waals surface area contributed by atoms with Crippen molar-refractivity contribution in [1.29, 1.82) is 0 Å². The lowest BCUT2D eigenvalue weighted by molar-refractivity contribution is -0.140. The summed E-state index contributed by atoms with van der Waals surface area (Å²) in [5, 5.41) is 2.66. The quantitative estimate of drug-likeness (QED) is 0.521. The summed E-state index contributed by atoms with van der Waals surface area (Å²) in [6.45, 7) is 5.05. The number of amides is 3. The van der Waals surface area contributed by atoms with Gasteiger partial charge in [0, 0.05) is 0 Å². The van der Waals surface area contributed by atoms with E-state index in [9.17, 15) is 14.4 Å². The Morgan fingerprint density at radius 3 is 2.42 bits per heavy atom. The largest absolute Gasteiger partial charge is 0.425 e. The van der Waals surface area contributed by atoms with E-state index in [4.69, 9.17) is 4.74 Å². The van der Waals surface area contributed by atoms with Crippen molar-refractivity contribution < 1.29 is 19.1 Å². The molecule has 26 heavy (non-hydrogen) atoms. The van der Waals surface area contributed by atoms with E-state index in [0.29, 0.717) is 11.3 Å². The number of benzene rings is 2. The van der Waals surface area contributed by atoms with Crippen molar-refractivity contribution in [3.05, 3.63) is 65.2 Å². The number of carbonyl (C=O) groups excluding carboxylic acids is 3. The second kappa shape index (κ2) is 6.63. The molecule has 1 heterocycles. The Labute approximate surface area is 151 Å². The van der Waals surface area contributed by atoms with Crippen LogP contribution in [0.4, 0.5) is 4.79 Å². The molecule has 0 unspecified atom stereocenters. The zero-order chi connectivity index (χ0) is 18.9. The molecule has 1 atom stereocenters. The van der Waals surface area contributed by atoms with Crippen LogP contribution in [0, 0.1) is 13.8 Å². The third kappa shape index (κ3) is 3.18. The molecule has 0 aromatic heterocycles. The number of carbonyl (C=O) groups is 3. The molecule has 0 bridgehead atoms. The number of aryl methyl sites for hydroxylation is 2. The number of ether oxygens (including phenoxy) is 1. The molecule has 1 saturated heterocycles. The summed E-state index contributed by atoms with van der Waals surface area (Å²) in [6.07, 6.45) is 0.